The average molecular weight is 474 g/mol. The van der Waals surface area contributed by atoms with E-state index >= 15 is 0 Å². The molecule has 4 aromatic rings. The van der Waals surface area contributed by atoms with Crippen molar-refractivity contribution < 1.29 is 9.72 Å². The summed E-state index contributed by atoms with van der Waals surface area (Å²) in [4.78, 5) is 22.8. The van der Waals surface area contributed by atoms with Crippen LogP contribution in [0.5, 0.6) is 0 Å². The number of nitrogens with one attached hydrogen (secondary N) is 1. The third-order valence-corrected chi connectivity index (χ3v) is 6.78. The minimum atomic E-state index is -0.542. The Labute approximate surface area is 190 Å². The number of rotatable bonds is 7. The Bertz CT molecular complexity index is 1290. The molecule has 158 valence electrons. The number of non-ortho nitro benzene ring substituents is 1. The molecule has 2 aromatic heterocycles. The van der Waals surface area contributed by atoms with Gasteiger partial charge in [-0.15, -0.1) is 21.5 Å². The first-order chi connectivity index (χ1) is 15.0. The molecule has 0 aliphatic heterocycles. The van der Waals surface area contributed by atoms with E-state index in [1.807, 2.05) is 23.6 Å². The number of aromatic nitrogens is 3. The molecule has 8 nitrogen and oxygen atoms in total. The standard InChI is InChI=1S/C20H16ClN5O3S2/c1-2-25-19(14-10-30-17-6-4-3-5-13(14)17)23-24-20(25)31-11-18(27)22-16-9-12(26(28)29)7-8-15(16)21/h3-10H,2,11H2,1H3,(H,22,27). The third kappa shape index (κ3) is 4.41. The van der Waals surface area contributed by atoms with Gasteiger partial charge in [-0.1, -0.05) is 41.6 Å². The Balaban J connectivity index is 1.50. The van der Waals surface area contributed by atoms with Gasteiger partial charge in [-0.2, -0.15) is 0 Å². The van der Waals surface area contributed by atoms with Crippen LogP contribution in [0.4, 0.5) is 11.4 Å². The van der Waals surface area contributed by atoms with Crippen LogP contribution in [0.1, 0.15) is 6.92 Å². The zero-order valence-electron chi connectivity index (χ0n) is 16.2. The highest BCUT2D eigenvalue weighted by Gasteiger charge is 2.18. The predicted molar refractivity (Wildman–Crippen MR) is 124 cm³/mol. The van der Waals surface area contributed by atoms with E-state index in [0.717, 1.165) is 16.8 Å². The van der Waals surface area contributed by atoms with Crippen molar-refractivity contribution in [1.29, 1.82) is 0 Å². The van der Waals surface area contributed by atoms with E-state index < -0.39 is 4.92 Å². The Hall–Kier alpha value is -2.95. The van der Waals surface area contributed by atoms with E-state index in [1.165, 1.54) is 34.7 Å². The number of amides is 1. The molecule has 0 fully saturated rings. The maximum Gasteiger partial charge on any atom is 0.271 e. The minimum Gasteiger partial charge on any atom is -0.324 e. The van der Waals surface area contributed by atoms with Gasteiger partial charge in [-0.05, 0) is 19.1 Å². The van der Waals surface area contributed by atoms with Crippen molar-refractivity contribution in [2.24, 2.45) is 0 Å². The lowest BCUT2D eigenvalue weighted by molar-refractivity contribution is -0.384. The lowest BCUT2D eigenvalue weighted by Crippen LogP contribution is -2.15. The number of hydrogen-bond donors (Lipinski definition) is 1. The number of thiophene rings is 1. The number of hydrogen-bond acceptors (Lipinski definition) is 7. The average Bonchev–Trinajstić information content (AvgIpc) is 3.36. The molecular weight excluding hydrogens is 458 g/mol. The van der Waals surface area contributed by atoms with Crippen molar-refractivity contribution in [2.45, 2.75) is 18.6 Å². The van der Waals surface area contributed by atoms with Crippen LogP contribution in [-0.4, -0.2) is 31.3 Å². The van der Waals surface area contributed by atoms with Gasteiger partial charge >= 0.3 is 0 Å². The second-order valence-corrected chi connectivity index (χ2v) is 8.72. The second kappa shape index (κ2) is 9.04. The number of carbonyl (C=O) groups is 1. The van der Waals surface area contributed by atoms with Gasteiger partial charge in [-0.25, -0.2) is 0 Å². The molecule has 1 N–H and O–H groups in total. The fourth-order valence-electron chi connectivity index (χ4n) is 3.07. The van der Waals surface area contributed by atoms with Crippen LogP contribution < -0.4 is 5.32 Å². The maximum atomic E-state index is 12.4. The molecule has 31 heavy (non-hydrogen) atoms. The summed E-state index contributed by atoms with van der Waals surface area (Å²) in [6.07, 6.45) is 0. The molecule has 0 bridgehead atoms. The van der Waals surface area contributed by atoms with Gasteiger partial charge in [-0.3, -0.25) is 14.9 Å². The van der Waals surface area contributed by atoms with Gasteiger partial charge in [0.05, 0.1) is 21.4 Å². The summed E-state index contributed by atoms with van der Waals surface area (Å²) in [6, 6.07) is 12.0. The SMILES string of the molecule is CCn1c(SCC(=O)Nc2cc([N+](=O)[O-])ccc2Cl)nnc1-c1csc2ccccc12. The number of halogens is 1. The van der Waals surface area contributed by atoms with Crippen molar-refractivity contribution in [3.05, 3.63) is 63.0 Å². The van der Waals surface area contributed by atoms with Gasteiger partial charge in [0.15, 0.2) is 11.0 Å². The number of nitro groups is 1. The van der Waals surface area contributed by atoms with Crippen LogP contribution in [0.25, 0.3) is 21.5 Å². The molecule has 2 aromatic carbocycles. The molecule has 11 heteroatoms. The van der Waals surface area contributed by atoms with Crippen LogP contribution in [0.15, 0.2) is 53.0 Å². The Morgan fingerprint density at radius 2 is 2.10 bits per heavy atom. The molecule has 0 aliphatic rings. The molecule has 0 radical (unpaired) electrons. The first kappa shape index (κ1) is 21.3. The summed E-state index contributed by atoms with van der Waals surface area (Å²) in [5, 5.41) is 26.2. The number of nitrogens with zero attached hydrogens (tertiary/aromatic N) is 4. The summed E-state index contributed by atoms with van der Waals surface area (Å²) >= 11 is 8.94. The lowest BCUT2D eigenvalue weighted by atomic mass is 10.1. The Kier molecular flexibility index (Phi) is 6.21. The summed E-state index contributed by atoms with van der Waals surface area (Å²) in [5.74, 6) is 0.465. The molecule has 0 atom stereocenters. The topological polar surface area (TPSA) is 103 Å². The summed E-state index contributed by atoms with van der Waals surface area (Å²) in [6.45, 7) is 2.64. The monoisotopic (exact) mass is 473 g/mol. The lowest BCUT2D eigenvalue weighted by Gasteiger charge is -2.08. The zero-order chi connectivity index (χ0) is 22.0. The van der Waals surface area contributed by atoms with Gasteiger partial charge in [0.2, 0.25) is 5.91 Å². The van der Waals surface area contributed by atoms with Crippen molar-refractivity contribution in [3.63, 3.8) is 0 Å². The first-order valence-corrected chi connectivity index (χ1v) is 11.5. The summed E-state index contributed by atoms with van der Waals surface area (Å²) in [7, 11) is 0. The van der Waals surface area contributed by atoms with Crippen LogP contribution in [0.2, 0.25) is 5.02 Å². The van der Waals surface area contributed by atoms with Crippen molar-refractivity contribution in [1.82, 2.24) is 14.8 Å². The van der Waals surface area contributed by atoms with E-state index in [9.17, 15) is 14.9 Å². The van der Waals surface area contributed by atoms with Gasteiger partial charge in [0.25, 0.3) is 5.69 Å². The highest BCUT2D eigenvalue weighted by molar-refractivity contribution is 7.99. The summed E-state index contributed by atoms with van der Waals surface area (Å²) < 4.78 is 3.14. The van der Waals surface area contributed by atoms with Crippen LogP contribution >= 0.6 is 34.7 Å². The number of thioether (sulfide) groups is 1. The van der Waals surface area contributed by atoms with Crippen molar-refractivity contribution >= 4 is 62.1 Å². The van der Waals surface area contributed by atoms with Gasteiger partial charge in [0.1, 0.15) is 0 Å². The quantitative estimate of drug-likeness (QED) is 0.217. The Morgan fingerprint density at radius 1 is 1.29 bits per heavy atom. The predicted octanol–water partition coefficient (Wildman–Crippen LogP) is 5.47. The zero-order valence-corrected chi connectivity index (χ0v) is 18.6. The minimum absolute atomic E-state index is 0.0571. The molecule has 4 rings (SSSR count). The van der Waals surface area contributed by atoms with E-state index in [1.54, 1.807) is 11.3 Å². The second-order valence-electron chi connectivity index (χ2n) is 6.45. The first-order valence-electron chi connectivity index (χ1n) is 9.24. The number of nitro benzene ring substituents is 1. The molecule has 0 spiro atoms. The van der Waals surface area contributed by atoms with E-state index in [0.29, 0.717) is 11.7 Å². The fraction of sp³-hybridized carbons (Fsp3) is 0.150. The third-order valence-electron chi connectivity index (χ3n) is 4.52. The van der Waals surface area contributed by atoms with E-state index in [2.05, 4.69) is 33.0 Å². The van der Waals surface area contributed by atoms with Gasteiger partial charge < -0.3 is 9.88 Å². The smallest absolute Gasteiger partial charge is 0.271 e. The van der Waals surface area contributed by atoms with Crippen LogP contribution in [0.3, 0.4) is 0 Å². The number of fused-ring (bicyclic) bond motifs is 1. The molecule has 0 saturated heterocycles. The summed E-state index contributed by atoms with van der Waals surface area (Å²) in [5.41, 5.74) is 1.06. The fourth-order valence-corrected chi connectivity index (χ4v) is 4.98. The highest BCUT2D eigenvalue weighted by Crippen LogP contribution is 2.34. The molecular formula is C20H16ClN5O3S2. The molecule has 2 heterocycles. The van der Waals surface area contributed by atoms with Crippen LogP contribution in [-0.2, 0) is 11.3 Å². The molecule has 0 saturated carbocycles. The largest absolute Gasteiger partial charge is 0.324 e. The number of benzene rings is 2. The van der Waals surface area contributed by atoms with E-state index in [-0.39, 0.29) is 28.1 Å². The van der Waals surface area contributed by atoms with E-state index in [4.69, 9.17) is 11.6 Å². The number of anilines is 1. The van der Waals surface area contributed by atoms with Crippen molar-refractivity contribution in [2.75, 3.05) is 11.1 Å². The maximum absolute atomic E-state index is 12.4. The van der Waals surface area contributed by atoms with Gasteiger partial charge in [0, 0.05) is 39.7 Å². The highest BCUT2D eigenvalue weighted by atomic mass is 35.5. The molecule has 1 amide bonds. The van der Waals surface area contributed by atoms with Crippen LogP contribution in [0, 0.1) is 10.1 Å². The number of carbonyl (C=O) groups excluding carboxylic acids is 1. The molecule has 0 unspecified atom stereocenters. The Morgan fingerprint density at radius 3 is 2.87 bits per heavy atom. The normalized spacial score (nSPS) is 11.0. The molecule has 0 aliphatic carbocycles. The van der Waals surface area contributed by atoms with Crippen molar-refractivity contribution in [3.8, 4) is 11.4 Å².